The number of nitrogens with zero attached hydrogens (tertiary/aromatic N) is 2. The highest BCUT2D eigenvalue weighted by molar-refractivity contribution is 5.51. The maximum absolute atomic E-state index is 11.9. The van der Waals surface area contributed by atoms with Crippen LogP contribution in [0.1, 0.15) is 17.7 Å². The van der Waals surface area contributed by atoms with Crippen molar-refractivity contribution >= 4 is 5.82 Å². The molecule has 0 radical (unpaired) electrons. The highest BCUT2D eigenvalue weighted by atomic mass is 19.3. The van der Waals surface area contributed by atoms with Gasteiger partial charge in [-0.15, -0.1) is 0 Å². The fraction of sp³-hybridized carbons (Fsp3) is 0.200. The molecule has 0 saturated carbocycles. The normalized spacial score (nSPS) is 10.0. The maximum atomic E-state index is 11.9. The van der Waals surface area contributed by atoms with Crippen LogP contribution in [-0.2, 0) is 0 Å². The van der Waals surface area contributed by atoms with Crippen LogP contribution in [-0.4, -0.2) is 10.2 Å². The number of nitriles is 1. The zero-order valence-corrected chi connectivity index (χ0v) is 5.31. The Bertz CT molecular complexity index is 298. The molecule has 0 saturated heterocycles. The molecule has 4 nitrogen and oxygen atoms in total. The van der Waals surface area contributed by atoms with Crippen molar-refractivity contribution in [3.63, 3.8) is 0 Å². The lowest BCUT2D eigenvalue weighted by Gasteiger charge is -1.91. The van der Waals surface area contributed by atoms with Gasteiger partial charge >= 0.3 is 0 Å². The number of nitrogens with two attached hydrogens (primary N) is 1. The van der Waals surface area contributed by atoms with Crippen molar-refractivity contribution in [3.05, 3.63) is 11.3 Å². The van der Waals surface area contributed by atoms with E-state index in [1.165, 1.54) is 6.07 Å². The van der Waals surface area contributed by atoms with Crippen molar-refractivity contribution in [1.82, 2.24) is 10.2 Å². The minimum atomic E-state index is -2.74. The van der Waals surface area contributed by atoms with E-state index in [4.69, 9.17) is 11.0 Å². The lowest BCUT2D eigenvalue weighted by atomic mass is 10.2. The van der Waals surface area contributed by atoms with Gasteiger partial charge in [-0.1, -0.05) is 0 Å². The number of H-pyrrole nitrogens is 1. The number of hydrogen-bond donors (Lipinski definition) is 2. The van der Waals surface area contributed by atoms with Gasteiger partial charge in [0.05, 0.1) is 0 Å². The van der Waals surface area contributed by atoms with Crippen LogP contribution in [0.2, 0.25) is 0 Å². The van der Waals surface area contributed by atoms with Crippen molar-refractivity contribution in [2.24, 2.45) is 0 Å². The summed E-state index contributed by atoms with van der Waals surface area (Å²) in [7, 11) is 0. The highest BCUT2D eigenvalue weighted by Gasteiger charge is 2.18. The first-order valence-corrected chi connectivity index (χ1v) is 2.68. The van der Waals surface area contributed by atoms with Crippen LogP contribution in [0.5, 0.6) is 0 Å². The van der Waals surface area contributed by atoms with Gasteiger partial charge in [0.15, 0.2) is 5.82 Å². The molecule has 0 aliphatic rings. The molecule has 0 bridgehead atoms. The number of rotatable bonds is 1. The average Bonchev–Trinajstić information content (AvgIpc) is 2.30. The number of alkyl halides is 2. The number of aromatic nitrogens is 2. The van der Waals surface area contributed by atoms with E-state index >= 15 is 0 Å². The molecule has 0 aromatic carbocycles. The fourth-order valence-corrected chi connectivity index (χ4v) is 0.646. The lowest BCUT2D eigenvalue weighted by Crippen LogP contribution is -1.90. The molecule has 0 unspecified atom stereocenters. The lowest BCUT2D eigenvalue weighted by molar-refractivity contribution is 0.145. The topological polar surface area (TPSA) is 78.5 Å². The summed E-state index contributed by atoms with van der Waals surface area (Å²) < 4.78 is 23.9. The van der Waals surface area contributed by atoms with Crippen LogP contribution >= 0.6 is 0 Å². The second-order valence-electron chi connectivity index (χ2n) is 1.81. The second kappa shape index (κ2) is 2.54. The van der Waals surface area contributed by atoms with Crippen LogP contribution < -0.4 is 5.73 Å². The average molecular weight is 158 g/mol. The van der Waals surface area contributed by atoms with Crippen molar-refractivity contribution in [3.8, 4) is 6.07 Å². The van der Waals surface area contributed by atoms with Gasteiger partial charge in [0, 0.05) is 0 Å². The minimum Gasteiger partial charge on any atom is -0.381 e. The molecule has 1 aromatic rings. The van der Waals surface area contributed by atoms with Crippen LogP contribution in [0, 0.1) is 11.3 Å². The van der Waals surface area contributed by atoms with Gasteiger partial charge in [-0.25, -0.2) is 8.78 Å². The molecule has 0 spiro atoms. The molecule has 6 heteroatoms. The Balaban J connectivity index is 3.19. The molecule has 58 valence electrons. The van der Waals surface area contributed by atoms with E-state index in [2.05, 4.69) is 5.10 Å². The summed E-state index contributed by atoms with van der Waals surface area (Å²) in [5, 5.41) is 13.5. The predicted octanol–water partition coefficient (Wildman–Crippen LogP) is 0.801. The molecule has 0 atom stereocenters. The predicted molar refractivity (Wildman–Crippen MR) is 32.7 cm³/mol. The van der Waals surface area contributed by atoms with Gasteiger partial charge in [0.1, 0.15) is 17.3 Å². The zero-order valence-electron chi connectivity index (χ0n) is 5.31. The second-order valence-corrected chi connectivity index (χ2v) is 1.81. The number of hydrogen-bond acceptors (Lipinski definition) is 3. The van der Waals surface area contributed by atoms with Gasteiger partial charge in [0.25, 0.3) is 6.43 Å². The molecule has 1 aromatic heterocycles. The summed E-state index contributed by atoms with van der Waals surface area (Å²) in [6.07, 6.45) is -2.74. The molecule has 1 rings (SSSR count). The molecule has 1 heterocycles. The van der Waals surface area contributed by atoms with Crippen LogP contribution in [0.4, 0.5) is 14.6 Å². The van der Waals surface area contributed by atoms with Crippen LogP contribution in [0.25, 0.3) is 0 Å². The van der Waals surface area contributed by atoms with Gasteiger partial charge in [-0.3, -0.25) is 5.10 Å². The fourth-order valence-electron chi connectivity index (χ4n) is 0.646. The summed E-state index contributed by atoms with van der Waals surface area (Å²) >= 11 is 0. The molecule has 0 aliphatic carbocycles. The first kappa shape index (κ1) is 7.47. The van der Waals surface area contributed by atoms with Gasteiger partial charge in [0.2, 0.25) is 0 Å². The summed E-state index contributed by atoms with van der Waals surface area (Å²) in [4.78, 5) is 0. The number of anilines is 1. The van der Waals surface area contributed by atoms with E-state index in [0.29, 0.717) is 0 Å². The Morgan fingerprint density at radius 1 is 1.64 bits per heavy atom. The van der Waals surface area contributed by atoms with Crippen LogP contribution in [0.3, 0.4) is 0 Å². The summed E-state index contributed by atoms with van der Waals surface area (Å²) in [6, 6.07) is 1.53. The Morgan fingerprint density at radius 3 is 2.64 bits per heavy atom. The highest BCUT2D eigenvalue weighted by Crippen LogP contribution is 2.22. The summed E-state index contributed by atoms with van der Waals surface area (Å²) in [6.45, 7) is 0. The molecule has 0 amide bonds. The number of nitrogens with one attached hydrogen (secondary N) is 1. The quantitative estimate of drug-likeness (QED) is 0.634. The Kier molecular flexibility index (Phi) is 1.72. The summed E-state index contributed by atoms with van der Waals surface area (Å²) in [5.74, 6) is -0.192. The van der Waals surface area contributed by atoms with Gasteiger partial charge < -0.3 is 5.73 Å². The monoisotopic (exact) mass is 158 g/mol. The zero-order chi connectivity index (χ0) is 8.43. The van der Waals surface area contributed by atoms with E-state index < -0.39 is 12.1 Å². The third-order valence-electron chi connectivity index (χ3n) is 1.15. The first-order valence-electron chi connectivity index (χ1n) is 2.68. The van der Waals surface area contributed by atoms with Crippen molar-refractivity contribution in [2.45, 2.75) is 6.43 Å². The molecular formula is C5H4F2N4. The summed E-state index contributed by atoms with van der Waals surface area (Å²) in [5.41, 5.74) is 4.29. The van der Waals surface area contributed by atoms with E-state index in [1.807, 2.05) is 5.10 Å². The molecule has 0 fully saturated rings. The molecular weight excluding hydrogens is 154 g/mol. The number of nitrogen functional groups attached to an aromatic ring is 1. The van der Waals surface area contributed by atoms with Crippen molar-refractivity contribution in [1.29, 1.82) is 5.26 Å². The van der Waals surface area contributed by atoms with Gasteiger partial charge in [-0.05, 0) is 0 Å². The first-order chi connectivity index (χ1) is 5.16. The third-order valence-corrected chi connectivity index (χ3v) is 1.15. The van der Waals surface area contributed by atoms with Crippen LogP contribution in [0.15, 0.2) is 0 Å². The van der Waals surface area contributed by atoms with Crippen molar-refractivity contribution in [2.75, 3.05) is 5.73 Å². The largest absolute Gasteiger partial charge is 0.381 e. The Hall–Kier alpha value is -1.64. The Labute approximate surface area is 60.6 Å². The standard InChI is InChI=1S/C5H4F2N4/c6-4(7)3-2(1-8)5(9)11-10-3/h4H,(H3,9,10,11). The smallest absolute Gasteiger partial charge is 0.281 e. The molecule has 0 aliphatic heterocycles. The number of aromatic amines is 1. The maximum Gasteiger partial charge on any atom is 0.281 e. The van der Waals surface area contributed by atoms with Gasteiger partial charge in [-0.2, -0.15) is 10.4 Å². The van der Waals surface area contributed by atoms with E-state index in [9.17, 15) is 8.78 Å². The van der Waals surface area contributed by atoms with E-state index in [1.54, 1.807) is 0 Å². The van der Waals surface area contributed by atoms with E-state index in [-0.39, 0.29) is 11.4 Å². The minimum absolute atomic E-state index is 0.192. The Morgan fingerprint density at radius 2 is 2.27 bits per heavy atom. The third kappa shape index (κ3) is 1.12. The van der Waals surface area contributed by atoms with E-state index in [0.717, 1.165) is 0 Å². The van der Waals surface area contributed by atoms with Crippen molar-refractivity contribution < 1.29 is 8.78 Å². The molecule has 3 N–H and O–H groups in total. The number of halogens is 2. The molecule has 11 heavy (non-hydrogen) atoms. The SMILES string of the molecule is N#Cc1c(N)n[nH]c1C(F)F.